The predicted molar refractivity (Wildman–Crippen MR) is 197 cm³/mol. The molecule has 3 N–H and O–H groups in total. The van der Waals surface area contributed by atoms with E-state index in [2.05, 4.69) is 49.9 Å². The van der Waals surface area contributed by atoms with E-state index in [4.69, 9.17) is 32.9 Å². The Morgan fingerprint density at radius 1 is 1.02 bits per heavy atom. The standard InChI is InChI=1S/C38H39Cl2N7O3/c1-22(48)47-20-27(21-47)43-17-25-19-46(2)33-15-23(7-10-28(25)33)37-36(40)30(13-14-42-37)29-5-4-6-31(35(29)39)32-11-8-24(38(45-32)50-3)16-41-18-26-9-12-34(49)44-26/h4-8,10-11,13-15,19,26-27,41,43H,9,12,16-18,20-21H2,1-3H3,(H,44,49)/t26-/m1/s1. The van der Waals surface area contributed by atoms with E-state index < -0.39 is 0 Å². The van der Waals surface area contributed by atoms with Crippen LogP contribution in [0.4, 0.5) is 0 Å². The van der Waals surface area contributed by atoms with Gasteiger partial charge in [0.05, 0.1) is 28.5 Å². The average molecular weight is 713 g/mol. The van der Waals surface area contributed by atoms with Gasteiger partial charge in [-0.25, -0.2) is 4.98 Å². The molecule has 2 amide bonds. The molecule has 2 aromatic carbocycles. The molecule has 5 aromatic rings. The lowest BCUT2D eigenvalue weighted by Gasteiger charge is -2.39. The summed E-state index contributed by atoms with van der Waals surface area (Å²) in [6.07, 6.45) is 5.31. The topological polar surface area (TPSA) is 113 Å². The summed E-state index contributed by atoms with van der Waals surface area (Å²) >= 11 is 14.2. The molecule has 2 aliphatic rings. The van der Waals surface area contributed by atoms with Gasteiger partial charge in [0.2, 0.25) is 17.7 Å². The number of nitrogens with zero attached hydrogens (tertiary/aromatic N) is 4. The van der Waals surface area contributed by atoms with Gasteiger partial charge in [-0.1, -0.05) is 59.6 Å². The van der Waals surface area contributed by atoms with Gasteiger partial charge in [0.1, 0.15) is 0 Å². The normalized spacial score (nSPS) is 16.1. The second kappa shape index (κ2) is 14.4. The molecule has 0 unspecified atom stereocenters. The Morgan fingerprint density at radius 2 is 1.82 bits per heavy atom. The molecule has 0 spiro atoms. The summed E-state index contributed by atoms with van der Waals surface area (Å²) in [6.45, 7) is 5.06. The van der Waals surface area contributed by atoms with Crippen molar-refractivity contribution in [2.75, 3.05) is 26.7 Å². The number of hydrogen-bond acceptors (Lipinski definition) is 7. The Kier molecular flexibility index (Phi) is 9.79. The molecule has 258 valence electrons. The van der Waals surface area contributed by atoms with E-state index in [-0.39, 0.29) is 17.9 Å². The minimum Gasteiger partial charge on any atom is -0.481 e. The Balaban J connectivity index is 1.11. The van der Waals surface area contributed by atoms with E-state index in [1.807, 2.05) is 48.3 Å². The van der Waals surface area contributed by atoms with Gasteiger partial charge in [-0.15, -0.1) is 0 Å². The second-order valence-electron chi connectivity index (χ2n) is 13.0. The number of aryl methyl sites for hydroxylation is 1. The van der Waals surface area contributed by atoms with E-state index in [0.717, 1.165) is 64.8 Å². The highest BCUT2D eigenvalue weighted by Crippen LogP contribution is 2.42. The van der Waals surface area contributed by atoms with Gasteiger partial charge in [-0.3, -0.25) is 14.6 Å². The number of hydrogen-bond donors (Lipinski definition) is 3. The maximum Gasteiger partial charge on any atom is 0.220 e. The van der Waals surface area contributed by atoms with Crippen LogP contribution in [0.3, 0.4) is 0 Å². The first kappa shape index (κ1) is 34.0. The van der Waals surface area contributed by atoms with Gasteiger partial charge in [0.15, 0.2) is 0 Å². The molecular weight excluding hydrogens is 673 g/mol. The van der Waals surface area contributed by atoms with E-state index >= 15 is 0 Å². The van der Waals surface area contributed by atoms with Gasteiger partial charge in [-0.2, -0.15) is 0 Å². The number of pyridine rings is 2. The Morgan fingerprint density at radius 3 is 2.58 bits per heavy atom. The molecule has 0 saturated carbocycles. The maximum atomic E-state index is 11.5. The van der Waals surface area contributed by atoms with Crippen LogP contribution in [0.5, 0.6) is 5.88 Å². The number of amides is 2. The quantitative estimate of drug-likeness (QED) is 0.155. The largest absolute Gasteiger partial charge is 0.481 e. The fourth-order valence-corrected chi connectivity index (χ4v) is 7.46. The smallest absolute Gasteiger partial charge is 0.220 e. The minimum absolute atomic E-state index is 0.102. The maximum absolute atomic E-state index is 11.5. The summed E-state index contributed by atoms with van der Waals surface area (Å²) < 4.78 is 7.78. The Hall–Kier alpha value is -4.48. The van der Waals surface area contributed by atoms with Gasteiger partial charge in [0.25, 0.3) is 0 Å². The lowest BCUT2D eigenvalue weighted by atomic mass is 9.99. The van der Waals surface area contributed by atoms with Crippen LogP contribution in [-0.4, -0.2) is 70.1 Å². The summed E-state index contributed by atoms with van der Waals surface area (Å²) in [6, 6.07) is 18.4. The summed E-state index contributed by atoms with van der Waals surface area (Å²) in [4.78, 5) is 34.4. The molecule has 10 nitrogen and oxygen atoms in total. The number of nitrogens with one attached hydrogen (secondary N) is 3. The zero-order valence-corrected chi connectivity index (χ0v) is 29.7. The van der Waals surface area contributed by atoms with E-state index in [1.54, 1.807) is 20.2 Å². The third-order valence-electron chi connectivity index (χ3n) is 9.63. The van der Waals surface area contributed by atoms with Crippen LogP contribution in [0, 0.1) is 0 Å². The summed E-state index contributed by atoms with van der Waals surface area (Å²) in [7, 11) is 3.64. The number of benzene rings is 2. The van der Waals surface area contributed by atoms with Crippen LogP contribution in [0.1, 0.15) is 30.9 Å². The first-order chi connectivity index (χ1) is 24.2. The van der Waals surface area contributed by atoms with Gasteiger partial charge < -0.3 is 30.2 Å². The van der Waals surface area contributed by atoms with Crippen LogP contribution in [-0.2, 0) is 29.7 Å². The molecule has 2 fully saturated rings. The molecule has 5 heterocycles. The van der Waals surface area contributed by atoms with Crippen molar-refractivity contribution in [3.63, 3.8) is 0 Å². The fourth-order valence-electron chi connectivity index (χ4n) is 6.81. The van der Waals surface area contributed by atoms with Crippen molar-refractivity contribution in [3.05, 3.63) is 88.2 Å². The van der Waals surface area contributed by atoms with Crippen molar-refractivity contribution < 1.29 is 14.3 Å². The Labute approximate surface area is 301 Å². The number of aromatic nitrogens is 3. The van der Waals surface area contributed by atoms with Crippen LogP contribution in [0.15, 0.2) is 67.0 Å². The number of carbonyl (C=O) groups is 2. The van der Waals surface area contributed by atoms with Gasteiger partial charge in [-0.05, 0) is 30.2 Å². The van der Waals surface area contributed by atoms with Crippen molar-refractivity contribution in [1.29, 1.82) is 0 Å². The lowest BCUT2D eigenvalue weighted by molar-refractivity contribution is -0.133. The van der Waals surface area contributed by atoms with Crippen molar-refractivity contribution in [3.8, 4) is 39.5 Å². The van der Waals surface area contributed by atoms with E-state index in [1.165, 1.54) is 5.56 Å². The highest BCUT2D eigenvalue weighted by Gasteiger charge is 2.28. The van der Waals surface area contributed by atoms with Gasteiger partial charge >= 0.3 is 0 Å². The molecule has 2 saturated heterocycles. The molecule has 0 radical (unpaired) electrons. The molecule has 2 aliphatic heterocycles. The minimum atomic E-state index is 0.102. The highest BCUT2D eigenvalue weighted by atomic mass is 35.5. The average Bonchev–Trinajstić information content (AvgIpc) is 3.65. The summed E-state index contributed by atoms with van der Waals surface area (Å²) in [5, 5.41) is 12.1. The van der Waals surface area contributed by atoms with E-state index in [9.17, 15) is 9.59 Å². The van der Waals surface area contributed by atoms with Gasteiger partial charge in [0, 0.05) is 116 Å². The van der Waals surface area contributed by atoms with Crippen molar-refractivity contribution in [2.24, 2.45) is 7.05 Å². The second-order valence-corrected chi connectivity index (χ2v) is 13.7. The number of methoxy groups -OCH3 is 1. The molecule has 50 heavy (non-hydrogen) atoms. The van der Waals surface area contributed by atoms with E-state index in [0.29, 0.717) is 52.9 Å². The monoisotopic (exact) mass is 711 g/mol. The molecule has 3 aromatic heterocycles. The van der Waals surface area contributed by atoms with Crippen molar-refractivity contribution >= 4 is 45.9 Å². The van der Waals surface area contributed by atoms with Crippen LogP contribution in [0.2, 0.25) is 10.0 Å². The first-order valence-corrected chi connectivity index (χ1v) is 17.5. The molecular formula is C38H39Cl2N7O3. The number of halogens is 2. The van der Waals surface area contributed by atoms with Crippen LogP contribution >= 0.6 is 23.2 Å². The lowest BCUT2D eigenvalue weighted by Crippen LogP contribution is -2.59. The highest BCUT2D eigenvalue weighted by molar-refractivity contribution is 6.39. The van der Waals surface area contributed by atoms with Crippen LogP contribution < -0.4 is 20.7 Å². The number of likely N-dealkylation sites (tertiary alicyclic amines) is 1. The number of ether oxygens (including phenoxy) is 1. The third-order valence-corrected chi connectivity index (χ3v) is 10.4. The molecule has 1 atom stereocenters. The molecule has 12 heteroatoms. The predicted octanol–water partition coefficient (Wildman–Crippen LogP) is 5.97. The number of rotatable bonds is 11. The zero-order valence-electron chi connectivity index (χ0n) is 28.2. The van der Waals surface area contributed by atoms with Crippen molar-refractivity contribution in [2.45, 2.75) is 44.9 Å². The summed E-state index contributed by atoms with van der Waals surface area (Å²) in [5.74, 6) is 0.728. The molecule has 7 rings (SSSR count). The SMILES string of the molecule is COc1nc(-c2cccc(-c3ccnc(-c4ccc5c(CNC6CN(C(C)=O)C6)cn(C)c5c4)c3Cl)c2Cl)ccc1CNC[C@H]1CCC(=O)N1. The molecule has 0 bridgehead atoms. The zero-order chi connectivity index (χ0) is 34.9. The van der Waals surface area contributed by atoms with Crippen molar-refractivity contribution in [1.82, 2.24) is 35.4 Å². The third kappa shape index (κ3) is 6.81. The van der Waals surface area contributed by atoms with Crippen LogP contribution in [0.25, 0.3) is 44.5 Å². The first-order valence-electron chi connectivity index (χ1n) is 16.7. The number of fused-ring (bicyclic) bond motifs is 1. The fraction of sp³-hybridized carbons (Fsp3) is 0.316. The molecule has 0 aliphatic carbocycles. The summed E-state index contributed by atoms with van der Waals surface area (Å²) in [5.41, 5.74) is 7.73. The Bertz CT molecular complexity index is 2090. The number of carbonyl (C=O) groups excluding carboxylic acids is 2.